The monoisotopic (exact) mass is 196 g/mol. The van der Waals surface area contributed by atoms with Gasteiger partial charge in [0.25, 0.3) is 0 Å². The smallest absolute Gasteiger partial charge is 0.00965 e. The Hall–Kier alpha value is -0.0800. The quantitative estimate of drug-likeness (QED) is 0.720. The van der Waals surface area contributed by atoms with Crippen LogP contribution in [-0.4, -0.2) is 37.1 Å². The highest BCUT2D eigenvalue weighted by Gasteiger charge is 2.32. The number of nitrogens with zero attached hydrogens (tertiary/aromatic N) is 1. The Morgan fingerprint density at radius 1 is 1.29 bits per heavy atom. The Morgan fingerprint density at radius 2 is 2.07 bits per heavy atom. The summed E-state index contributed by atoms with van der Waals surface area (Å²) in [7, 11) is 0. The van der Waals surface area contributed by atoms with Crippen LogP contribution in [0.3, 0.4) is 0 Å². The van der Waals surface area contributed by atoms with Gasteiger partial charge in [-0.25, -0.2) is 0 Å². The molecule has 0 radical (unpaired) electrons. The molecule has 1 aliphatic carbocycles. The summed E-state index contributed by atoms with van der Waals surface area (Å²) in [6.07, 6.45) is 4.22. The second kappa shape index (κ2) is 4.63. The molecule has 2 fully saturated rings. The Bertz CT molecular complexity index is 177. The van der Waals surface area contributed by atoms with Gasteiger partial charge in [-0.2, -0.15) is 0 Å². The molecule has 0 bridgehead atoms. The first-order chi connectivity index (χ1) is 6.81. The second-order valence-corrected chi connectivity index (χ2v) is 5.12. The van der Waals surface area contributed by atoms with Gasteiger partial charge in [0.2, 0.25) is 0 Å². The molecular formula is C12H24N2. The third kappa shape index (κ3) is 2.48. The molecule has 1 heterocycles. The van der Waals surface area contributed by atoms with E-state index in [-0.39, 0.29) is 0 Å². The summed E-state index contributed by atoms with van der Waals surface area (Å²) in [5.41, 5.74) is 0. The van der Waals surface area contributed by atoms with Crippen LogP contribution in [-0.2, 0) is 0 Å². The van der Waals surface area contributed by atoms with Crippen LogP contribution in [0.2, 0.25) is 0 Å². The Labute approximate surface area is 88.1 Å². The summed E-state index contributed by atoms with van der Waals surface area (Å²) >= 11 is 0. The van der Waals surface area contributed by atoms with Gasteiger partial charge in [-0.15, -0.1) is 0 Å². The molecule has 82 valence electrons. The van der Waals surface area contributed by atoms with Gasteiger partial charge in [0.05, 0.1) is 0 Å². The van der Waals surface area contributed by atoms with Crippen molar-refractivity contribution in [2.24, 2.45) is 11.8 Å². The molecule has 1 aliphatic heterocycles. The van der Waals surface area contributed by atoms with Crippen molar-refractivity contribution >= 4 is 0 Å². The zero-order valence-electron chi connectivity index (χ0n) is 9.63. The lowest BCUT2D eigenvalue weighted by Gasteiger charge is -2.26. The predicted molar refractivity (Wildman–Crippen MR) is 60.4 cm³/mol. The highest BCUT2D eigenvalue weighted by molar-refractivity contribution is 4.88. The first-order valence-corrected chi connectivity index (χ1v) is 6.26. The van der Waals surface area contributed by atoms with Crippen LogP contribution in [0, 0.1) is 11.8 Å². The predicted octanol–water partition coefficient (Wildman–Crippen LogP) is 1.72. The number of rotatable bonds is 5. The maximum absolute atomic E-state index is 3.50. The summed E-state index contributed by atoms with van der Waals surface area (Å²) < 4.78 is 0. The molecule has 0 aromatic carbocycles. The lowest BCUT2D eigenvalue weighted by molar-refractivity contribution is 0.209. The number of hydrogen-bond acceptors (Lipinski definition) is 2. The van der Waals surface area contributed by atoms with Crippen molar-refractivity contribution in [3.8, 4) is 0 Å². The van der Waals surface area contributed by atoms with Crippen molar-refractivity contribution in [3.63, 3.8) is 0 Å². The molecule has 2 atom stereocenters. The molecule has 2 heteroatoms. The lowest BCUT2D eigenvalue weighted by atomic mass is 9.97. The molecule has 2 rings (SSSR count). The van der Waals surface area contributed by atoms with Gasteiger partial charge in [0.1, 0.15) is 0 Å². The van der Waals surface area contributed by atoms with Gasteiger partial charge < -0.3 is 10.2 Å². The third-order valence-corrected chi connectivity index (χ3v) is 3.72. The molecular weight excluding hydrogens is 172 g/mol. The second-order valence-electron chi connectivity index (χ2n) is 5.12. The van der Waals surface area contributed by atoms with Gasteiger partial charge in [0, 0.05) is 12.6 Å². The fourth-order valence-electron chi connectivity index (χ4n) is 2.56. The third-order valence-electron chi connectivity index (χ3n) is 3.72. The minimum absolute atomic E-state index is 0.883. The number of nitrogens with one attached hydrogen (secondary N) is 1. The molecule has 2 unspecified atom stereocenters. The highest BCUT2D eigenvalue weighted by Crippen LogP contribution is 2.29. The first-order valence-electron chi connectivity index (χ1n) is 6.26. The highest BCUT2D eigenvalue weighted by atomic mass is 15.2. The summed E-state index contributed by atoms with van der Waals surface area (Å²) in [6.45, 7) is 9.82. The average Bonchev–Trinajstić information content (AvgIpc) is 2.93. The van der Waals surface area contributed by atoms with E-state index in [1.165, 1.54) is 45.4 Å². The van der Waals surface area contributed by atoms with Crippen LogP contribution in [0.5, 0.6) is 0 Å². The minimum Gasteiger partial charge on any atom is -0.316 e. The molecule has 1 N–H and O–H groups in total. The van der Waals surface area contributed by atoms with Crippen LogP contribution in [0.4, 0.5) is 0 Å². The Kier molecular flexibility index (Phi) is 3.45. The van der Waals surface area contributed by atoms with Crippen molar-refractivity contribution in [1.29, 1.82) is 0 Å². The average molecular weight is 196 g/mol. The maximum atomic E-state index is 3.50. The van der Waals surface area contributed by atoms with Crippen molar-refractivity contribution in [3.05, 3.63) is 0 Å². The van der Waals surface area contributed by atoms with Crippen molar-refractivity contribution in [2.45, 2.75) is 39.2 Å². The number of hydrogen-bond donors (Lipinski definition) is 1. The van der Waals surface area contributed by atoms with E-state index in [0.29, 0.717) is 0 Å². The topological polar surface area (TPSA) is 15.3 Å². The molecule has 0 spiro atoms. The van der Waals surface area contributed by atoms with E-state index in [1.807, 2.05) is 0 Å². The van der Waals surface area contributed by atoms with E-state index < -0.39 is 0 Å². The van der Waals surface area contributed by atoms with E-state index in [1.54, 1.807) is 0 Å². The van der Waals surface area contributed by atoms with E-state index >= 15 is 0 Å². The zero-order chi connectivity index (χ0) is 9.97. The van der Waals surface area contributed by atoms with Crippen molar-refractivity contribution < 1.29 is 0 Å². The molecule has 2 aliphatic rings. The normalized spacial score (nSPS) is 32.8. The van der Waals surface area contributed by atoms with E-state index in [4.69, 9.17) is 0 Å². The van der Waals surface area contributed by atoms with Gasteiger partial charge >= 0.3 is 0 Å². The molecule has 2 nitrogen and oxygen atoms in total. The summed E-state index contributed by atoms with van der Waals surface area (Å²) in [5, 5.41) is 3.50. The molecule has 1 saturated heterocycles. The maximum Gasteiger partial charge on any atom is 0.00965 e. The largest absolute Gasteiger partial charge is 0.316 e. The van der Waals surface area contributed by atoms with E-state index in [9.17, 15) is 0 Å². The molecule has 1 saturated carbocycles. The van der Waals surface area contributed by atoms with Gasteiger partial charge in [0.15, 0.2) is 0 Å². The fraction of sp³-hybridized carbons (Fsp3) is 1.00. The molecule has 0 amide bonds. The van der Waals surface area contributed by atoms with Crippen LogP contribution >= 0.6 is 0 Å². The summed E-state index contributed by atoms with van der Waals surface area (Å²) in [5.74, 6) is 1.79. The SMILES string of the molecule is CCCN(CC1CNCC1C)C1CC1. The lowest BCUT2D eigenvalue weighted by Crippen LogP contribution is -2.34. The Balaban J connectivity index is 1.80. The zero-order valence-corrected chi connectivity index (χ0v) is 9.63. The van der Waals surface area contributed by atoms with E-state index in [0.717, 1.165) is 17.9 Å². The minimum atomic E-state index is 0.883. The van der Waals surface area contributed by atoms with Crippen LogP contribution in [0.25, 0.3) is 0 Å². The van der Waals surface area contributed by atoms with Gasteiger partial charge in [-0.05, 0) is 50.7 Å². The standard InChI is InChI=1S/C12H24N2/c1-3-6-14(12-4-5-12)9-11-8-13-7-10(11)2/h10-13H,3-9H2,1-2H3. The molecule has 0 aromatic heterocycles. The van der Waals surface area contributed by atoms with Crippen molar-refractivity contribution in [1.82, 2.24) is 10.2 Å². The first kappa shape index (κ1) is 10.4. The summed E-state index contributed by atoms with van der Waals surface area (Å²) in [6, 6.07) is 0.947. The van der Waals surface area contributed by atoms with Crippen LogP contribution in [0.15, 0.2) is 0 Å². The van der Waals surface area contributed by atoms with Crippen LogP contribution in [0.1, 0.15) is 33.1 Å². The Morgan fingerprint density at radius 3 is 2.57 bits per heavy atom. The van der Waals surface area contributed by atoms with Crippen LogP contribution < -0.4 is 5.32 Å². The van der Waals surface area contributed by atoms with Crippen molar-refractivity contribution in [2.75, 3.05) is 26.2 Å². The summed E-state index contributed by atoms with van der Waals surface area (Å²) in [4.78, 5) is 2.73. The molecule has 0 aromatic rings. The fourth-order valence-corrected chi connectivity index (χ4v) is 2.56. The van der Waals surface area contributed by atoms with E-state index in [2.05, 4.69) is 24.1 Å². The molecule has 14 heavy (non-hydrogen) atoms. The van der Waals surface area contributed by atoms with Gasteiger partial charge in [-0.3, -0.25) is 0 Å². The van der Waals surface area contributed by atoms with Gasteiger partial charge in [-0.1, -0.05) is 13.8 Å².